The SMILES string of the molecule is CCCSc1nc2n(n1)C(c1ccc(OCc3c(F)cccc3Cl)c(OC)c1)C(C(N)=O)=C(C)N2. The second-order valence-corrected chi connectivity index (χ2v) is 9.31. The Balaban J connectivity index is 1.70. The predicted octanol–water partition coefficient (Wildman–Crippen LogP) is 4.93. The molecule has 3 N–H and O–H groups in total. The number of nitrogens with two attached hydrogens (primary N) is 1. The molecule has 1 aromatic heterocycles. The van der Waals surface area contributed by atoms with Crippen molar-refractivity contribution in [2.45, 2.75) is 38.1 Å². The largest absolute Gasteiger partial charge is 0.493 e. The minimum absolute atomic E-state index is 0.0780. The van der Waals surface area contributed by atoms with E-state index in [-0.39, 0.29) is 17.2 Å². The number of rotatable bonds is 9. The molecule has 4 rings (SSSR count). The van der Waals surface area contributed by atoms with Crippen LogP contribution in [0.3, 0.4) is 0 Å². The quantitative estimate of drug-likeness (QED) is 0.387. The molecule has 1 aliphatic heterocycles. The number of amides is 1. The molecule has 8 nitrogen and oxygen atoms in total. The normalized spacial score (nSPS) is 14.9. The third kappa shape index (κ3) is 5.08. The van der Waals surface area contributed by atoms with Crippen molar-refractivity contribution < 1.29 is 18.7 Å². The molecule has 11 heteroatoms. The number of carbonyl (C=O) groups is 1. The van der Waals surface area contributed by atoms with Crippen molar-refractivity contribution in [2.24, 2.45) is 5.73 Å². The van der Waals surface area contributed by atoms with Gasteiger partial charge in [0.2, 0.25) is 17.0 Å². The van der Waals surface area contributed by atoms with Crippen LogP contribution in [0.2, 0.25) is 5.02 Å². The van der Waals surface area contributed by atoms with Gasteiger partial charge in [0.25, 0.3) is 0 Å². The van der Waals surface area contributed by atoms with Crippen molar-refractivity contribution in [2.75, 3.05) is 18.2 Å². The Kier molecular flexibility index (Phi) is 7.51. The smallest absolute Gasteiger partial charge is 0.248 e. The first kappa shape index (κ1) is 24.9. The maximum Gasteiger partial charge on any atom is 0.248 e. The van der Waals surface area contributed by atoms with Crippen LogP contribution in [0.15, 0.2) is 52.8 Å². The monoisotopic (exact) mass is 517 g/mol. The lowest BCUT2D eigenvalue weighted by atomic mass is 9.95. The van der Waals surface area contributed by atoms with E-state index in [0.717, 1.165) is 12.2 Å². The Labute approximate surface area is 211 Å². The lowest BCUT2D eigenvalue weighted by Crippen LogP contribution is -2.31. The molecule has 35 heavy (non-hydrogen) atoms. The Hall–Kier alpha value is -3.24. The molecule has 0 saturated heterocycles. The van der Waals surface area contributed by atoms with E-state index in [9.17, 15) is 9.18 Å². The summed E-state index contributed by atoms with van der Waals surface area (Å²) in [6.07, 6.45) is 0.978. The number of ether oxygens (including phenoxy) is 2. The number of nitrogens with zero attached hydrogens (tertiary/aromatic N) is 3. The molecule has 0 radical (unpaired) electrons. The van der Waals surface area contributed by atoms with Crippen LogP contribution in [0.4, 0.5) is 10.3 Å². The van der Waals surface area contributed by atoms with Crippen molar-refractivity contribution in [3.63, 3.8) is 0 Å². The molecule has 1 unspecified atom stereocenters. The first-order chi connectivity index (χ1) is 16.8. The van der Waals surface area contributed by atoms with Gasteiger partial charge in [-0.25, -0.2) is 9.07 Å². The number of benzene rings is 2. The number of halogens is 2. The first-order valence-electron chi connectivity index (χ1n) is 10.9. The van der Waals surface area contributed by atoms with E-state index in [1.54, 1.807) is 35.9 Å². The number of hydrogen-bond donors (Lipinski definition) is 2. The van der Waals surface area contributed by atoms with Gasteiger partial charge in [0.1, 0.15) is 18.5 Å². The molecule has 1 amide bonds. The summed E-state index contributed by atoms with van der Waals surface area (Å²) in [5.74, 6) is 1.16. The lowest BCUT2D eigenvalue weighted by molar-refractivity contribution is -0.115. The number of thioether (sulfide) groups is 1. The molecule has 2 heterocycles. The molecule has 184 valence electrons. The average molecular weight is 518 g/mol. The zero-order valence-corrected chi connectivity index (χ0v) is 21.0. The number of primary amides is 1. The zero-order valence-electron chi connectivity index (χ0n) is 19.5. The van der Waals surface area contributed by atoms with E-state index in [1.165, 1.54) is 31.0 Å². The average Bonchev–Trinajstić information content (AvgIpc) is 3.23. The first-order valence-corrected chi connectivity index (χ1v) is 12.3. The molecule has 0 spiro atoms. The second-order valence-electron chi connectivity index (χ2n) is 7.84. The van der Waals surface area contributed by atoms with Crippen molar-refractivity contribution in [3.05, 3.63) is 69.6 Å². The van der Waals surface area contributed by atoms with E-state index in [1.807, 2.05) is 0 Å². The Bertz CT molecular complexity index is 1280. The van der Waals surface area contributed by atoms with E-state index in [2.05, 4.69) is 22.3 Å². The minimum atomic E-state index is -0.615. The van der Waals surface area contributed by atoms with Crippen LogP contribution in [0.25, 0.3) is 0 Å². The molecule has 0 bridgehead atoms. The van der Waals surface area contributed by atoms with Crippen LogP contribution in [-0.4, -0.2) is 33.5 Å². The van der Waals surface area contributed by atoms with Crippen molar-refractivity contribution in [3.8, 4) is 11.5 Å². The molecule has 0 fully saturated rings. The number of fused-ring (bicyclic) bond motifs is 1. The molecule has 2 aromatic carbocycles. The van der Waals surface area contributed by atoms with E-state index in [0.29, 0.717) is 39.4 Å². The predicted molar refractivity (Wildman–Crippen MR) is 133 cm³/mol. The third-order valence-corrected chi connectivity index (χ3v) is 6.87. The number of methoxy groups -OCH3 is 1. The van der Waals surface area contributed by atoms with Crippen LogP contribution < -0.4 is 20.5 Å². The van der Waals surface area contributed by atoms with Gasteiger partial charge in [0.05, 0.1) is 17.7 Å². The van der Waals surface area contributed by atoms with Gasteiger partial charge in [-0.15, -0.1) is 5.10 Å². The van der Waals surface area contributed by atoms with Gasteiger partial charge in [0, 0.05) is 17.0 Å². The van der Waals surface area contributed by atoms with Gasteiger partial charge < -0.3 is 20.5 Å². The molecule has 1 atom stereocenters. The van der Waals surface area contributed by atoms with Crippen LogP contribution in [-0.2, 0) is 11.4 Å². The highest BCUT2D eigenvalue weighted by molar-refractivity contribution is 7.99. The summed E-state index contributed by atoms with van der Waals surface area (Å²) in [6.45, 7) is 3.78. The maximum atomic E-state index is 14.2. The molecular weight excluding hydrogens is 493 g/mol. The van der Waals surface area contributed by atoms with Crippen LogP contribution in [0.1, 0.15) is 37.4 Å². The van der Waals surface area contributed by atoms with Gasteiger partial charge in [-0.3, -0.25) is 4.79 Å². The van der Waals surface area contributed by atoms with Gasteiger partial charge >= 0.3 is 0 Å². The van der Waals surface area contributed by atoms with Crippen molar-refractivity contribution in [1.29, 1.82) is 0 Å². The summed E-state index contributed by atoms with van der Waals surface area (Å²) in [4.78, 5) is 17.0. The second kappa shape index (κ2) is 10.6. The summed E-state index contributed by atoms with van der Waals surface area (Å²) < 4.78 is 27.2. The van der Waals surface area contributed by atoms with Gasteiger partial charge in [-0.1, -0.05) is 42.4 Å². The number of carbonyl (C=O) groups excluding carboxylic acids is 1. The fraction of sp³-hybridized carbons (Fsp3) is 0.292. The Morgan fingerprint density at radius 2 is 2.11 bits per heavy atom. The highest BCUT2D eigenvalue weighted by Crippen LogP contribution is 2.39. The standard InChI is InChI=1S/C24H25ClFN5O3S/c1-4-10-35-24-29-23-28-13(2)20(22(27)32)21(31(23)30-24)14-8-9-18(19(11-14)33-3)34-12-15-16(25)6-5-7-17(15)26/h5-9,11,21H,4,10,12H2,1-3H3,(H2,27,32)(H,28,29,30). The van der Waals surface area contributed by atoms with Crippen molar-refractivity contribution >= 4 is 35.2 Å². The summed E-state index contributed by atoms with van der Waals surface area (Å²) in [5.41, 5.74) is 7.67. The summed E-state index contributed by atoms with van der Waals surface area (Å²) in [7, 11) is 1.50. The van der Waals surface area contributed by atoms with E-state index >= 15 is 0 Å². The molecule has 1 aliphatic rings. The number of anilines is 1. The number of aromatic nitrogens is 3. The highest BCUT2D eigenvalue weighted by Gasteiger charge is 2.34. The lowest BCUT2D eigenvalue weighted by Gasteiger charge is -2.28. The third-order valence-electron chi connectivity index (χ3n) is 5.47. The minimum Gasteiger partial charge on any atom is -0.493 e. The molecule has 0 saturated carbocycles. The van der Waals surface area contributed by atoms with Crippen LogP contribution >= 0.6 is 23.4 Å². The van der Waals surface area contributed by atoms with Gasteiger partial charge in [0.15, 0.2) is 11.5 Å². The van der Waals surface area contributed by atoms with Gasteiger partial charge in [-0.05, 0) is 43.2 Å². The number of hydrogen-bond acceptors (Lipinski definition) is 7. The fourth-order valence-corrected chi connectivity index (χ4v) is 4.71. The highest BCUT2D eigenvalue weighted by atomic mass is 35.5. The van der Waals surface area contributed by atoms with E-state index in [4.69, 9.17) is 26.8 Å². The summed E-state index contributed by atoms with van der Waals surface area (Å²) in [6, 6.07) is 9.07. The van der Waals surface area contributed by atoms with Crippen LogP contribution in [0.5, 0.6) is 11.5 Å². The maximum absolute atomic E-state index is 14.2. The molecule has 3 aromatic rings. The summed E-state index contributed by atoms with van der Waals surface area (Å²) >= 11 is 7.65. The number of allylic oxidation sites excluding steroid dienone is 1. The Morgan fingerprint density at radius 1 is 1.31 bits per heavy atom. The fourth-order valence-electron chi connectivity index (χ4n) is 3.81. The zero-order chi connectivity index (χ0) is 25.1. The topological polar surface area (TPSA) is 104 Å². The van der Waals surface area contributed by atoms with Gasteiger partial charge in [-0.2, -0.15) is 4.98 Å². The Morgan fingerprint density at radius 3 is 2.80 bits per heavy atom. The molecular formula is C24H25ClFN5O3S. The number of nitrogens with one attached hydrogen (secondary N) is 1. The van der Waals surface area contributed by atoms with Crippen LogP contribution in [0, 0.1) is 5.82 Å². The van der Waals surface area contributed by atoms with Crippen molar-refractivity contribution in [1.82, 2.24) is 14.8 Å². The van der Waals surface area contributed by atoms with E-state index < -0.39 is 17.8 Å². The summed E-state index contributed by atoms with van der Waals surface area (Å²) in [5, 5.41) is 8.63. The molecule has 0 aliphatic carbocycles.